The maximum atomic E-state index is 12.2. The molecule has 138 valence electrons. The van der Waals surface area contributed by atoms with Crippen molar-refractivity contribution in [1.29, 1.82) is 0 Å². The van der Waals surface area contributed by atoms with Gasteiger partial charge in [-0.25, -0.2) is 4.79 Å². The number of rotatable bonds is 3. The number of nitrogens with zero attached hydrogens (tertiary/aromatic N) is 2. The van der Waals surface area contributed by atoms with Gasteiger partial charge in [-0.15, -0.1) is 0 Å². The van der Waals surface area contributed by atoms with Crippen molar-refractivity contribution in [2.45, 2.75) is 39.0 Å². The van der Waals surface area contributed by atoms with E-state index >= 15 is 0 Å². The van der Waals surface area contributed by atoms with Crippen LogP contribution in [0.1, 0.15) is 26.3 Å². The first-order valence-electron chi connectivity index (χ1n) is 7.95. The molecule has 1 atom stereocenters. The zero-order valence-corrected chi connectivity index (χ0v) is 16.0. The van der Waals surface area contributed by atoms with Gasteiger partial charge in [0.1, 0.15) is 11.6 Å². The van der Waals surface area contributed by atoms with E-state index in [0.717, 1.165) is 5.56 Å². The minimum Gasteiger partial charge on any atom is -0.480 e. The molecule has 2 rings (SSSR count). The Morgan fingerprint density at radius 3 is 2.52 bits per heavy atom. The Bertz CT molecular complexity index is 661. The molecule has 8 heteroatoms. The first-order chi connectivity index (χ1) is 11.6. The van der Waals surface area contributed by atoms with Crippen LogP contribution in [0.25, 0.3) is 0 Å². The summed E-state index contributed by atoms with van der Waals surface area (Å²) >= 11 is 12.1. The number of aliphatic carboxylic acids is 1. The Balaban J connectivity index is 2.09. The van der Waals surface area contributed by atoms with E-state index in [1.807, 2.05) is 0 Å². The Morgan fingerprint density at radius 1 is 1.28 bits per heavy atom. The molecule has 0 unspecified atom stereocenters. The number of carbonyl (C=O) groups excluding carboxylic acids is 1. The number of ether oxygens (including phenoxy) is 1. The Morgan fingerprint density at radius 2 is 1.96 bits per heavy atom. The van der Waals surface area contributed by atoms with Crippen LogP contribution in [0.15, 0.2) is 18.2 Å². The van der Waals surface area contributed by atoms with Gasteiger partial charge in [0.2, 0.25) is 0 Å². The van der Waals surface area contributed by atoms with E-state index < -0.39 is 23.7 Å². The number of carbonyl (C=O) groups is 2. The molecule has 0 radical (unpaired) electrons. The van der Waals surface area contributed by atoms with Gasteiger partial charge < -0.3 is 14.7 Å². The summed E-state index contributed by atoms with van der Waals surface area (Å²) < 4.78 is 5.33. The highest BCUT2D eigenvalue weighted by Crippen LogP contribution is 2.24. The van der Waals surface area contributed by atoms with Gasteiger partial charge in [-0.2, -0.15) is 0 Å². The molecular formula is C17H22Cl2N2O4. The van der Waals surface area contributed by atoms with E-state index in [2.05, 4.69) is 0 Å². The highest BCUT2D eigenvalue weighted by molar-refractivity contribution is 6.35. The van der Waals surface area contributed by atoms with E-state index in [1.54, 1.807) is 43.9 Å². The van der Waals surface area contributed by atoms with E-state index in [-0.39, 0.29) is 6.54 Å². The monoisotopic (exact) mass is 388 g/mol. The SMILES string of the molecule is CC(C)(C)OC(=O)N1CCN(Cc2ccc(Cl)cc2Cl)[C@@H](C(=O)O)C1. The van der Waals surface area contributed by atoms with Crippen LogP contribution >= 0.6 is 23.2 Å². The maximum Gasteiger partial charge on any atom is 0.410 e. The second-order valence-corrected chi connectivity index (χ2v) is 7.83. The van der Waals surface area contributed by atoms with Crippen LogP contribution in [0.5, 0.6) is 0 Å². The van der Waals surface area contributed by atoms with Crippen molar-refractivity contribution >= 4 is 35.3 Å². The molecule has 1 heterocycles. The minimum atomic E-state index is -0.988. The lowest BCUT2D eigenvalue weighted by molar-refractivity contribution is -0.145. The average Bonchev–Trinajstić information content (AvgIpc) is 2.48. The standard InChI is InChI=1S/C17H22Cl2N2O4/c1-17(2,3)25-16(24)21-7-6-20(14(10-21)15(22)23)9-11-4-5-12(18)8-13(11)19/h4-5,8,14H,6-7,9-10H2,1-3H3,(H,22,23)/t14-/m1/s1. The topological polar surface area (TPSA) is 70.1 Å². The lowest BCUT2D eigenvalue weighted by Crippen LogP contribution is -2.57. The van der Waals surface area contributed by atoms with Crippen molar-refractivity contribution in [2.75, 3.05) is 19.6 Å². The molecule has 1 fully saturated rings. The van der Waals surface area contributed by atoms with Crippen molar-refractivity contribution in [3.05, 3.63) is 33.8 Å². The molecule has 1 aliphatic heterocycles. The lowest BCUT2D eigenvalue weighted by atomic mass is 10.1. The molecule has 25 heavy (non-hydrogen) atoms. The second kappa shape index (κ2) is 7.81. The number of hydrogen-bond donors (Lipinski definition) is 1. The van der Waals surface area contributed by atoms with Crippen LogP contribution in [0.3, 0.4) is 0 Å². The van der Waals surface area contributed by atoms with E-state index in [0.29, 0.717) is 29.7 Å². The van der Waals surface area contributed by atoms with Gasteiger partial charge in [0.25, 0.3) is 0 Å². The van der Waals surface area contributed by atoms with Gasteiger partial charge in [-0.05, 0) is 38.5 Å². The molecule has 0 aromatic heterocycles. The van der Waals surface area contributed by atoms with Crippen molar-refractivity contribution in [3.8, 4) is 0 Å². The molecule has 0 aliphatic carbocycles. The Labute approximate surface area is 157 Å². The van der Waals surface area contributed by atoms with Crippen LogP contribution < -0.4 is 0 Å². The number of carboxylic acids is 1. The van der Waals surface area contributed by atoms with E-state index in [4.69, 9.17) is 27.9 Å². The van der Waals surface area contributed by atoms with Gasteiger partial charge in [-0.1, -0.05) is 29.3 Å². The Kier molecular flexibility index (Phi) is 6.19. The van der Waals surface area contributed by atoms with Crippen molar-refractivity contribution in [2.24, 2.45) is 0 Å². The smallest absolute Gasteiger partial charge is 0.410 e. The third-order valence-electron chi connectivity index (χ3n) is 3.82. The molecule has 1 aliphatic rings. The predicted molar refractivity (Wildman–Crippen MR) is 96.1 cm³/mol. The largest absolute Gasteiger partial charge is 0.480 e. The number of hydrogen-bond acceptors (Lipinski definition) is 4. The average molecular weight is 389 g/mol. The quantitative estimate of drug-likeness (QED) is 0.857. The number of carboxylic acid groups (broad SMARTS) is 1. The van der Waals surface area contributed by atoms with Crippen molar-refractivity contribution in [1.82, 2.24) is 9.80 Å². The molecule has 1 amide bonds. The van der Waals surface area contributed by atoms with Gasteiger partial charge in [0.15, 0.2) is 0 Å². The summed E-state index contributed by atoms with van der Waals surface area (Å²) in [6, 6.07) is 4.30. The third kappa shape index (κ3) is 5.49. The van der Waals surface area contributed by atoms with Crippen LogP contribution in [-0.2, 0) is 16.1 Å². The van der Waals surface area contributed by atoms with E-state index in [1.165, 1.54) is 4.90 Å². The first-order valence-corrected chi connectivity index (χ1v) is 8.71. The maximum absolute atomic E-state index is 12.2. The van der Waals surface area contributed by atoms with E-state index in [9.17, 15) is 14.7 Å². The number of piperazine rings is 1. The molecule has 1 aromatic rings. The zero-order chi connectivity index (χ0) is 18.8. The van der Waals surface area contributed by atoms with Crippen molar-refractivity contribution in [3.63, 3.8) is 0 Å². The summed E-state index contributed by atoms with van der Waals surface area (Å²) in [6.07, 6.45) is -0.497. The number of halogens is 2. The Hall–Kier alpha value is -1.50. The van der Waals surface area contributed by atoms with Crippen LogP contribution in [-0.4, -0.2) is 58.2 Å². The van der Waals surface area contributed by atoms with Gasteiger partial charge in [0.05, 0.1) is 6.54 Å². The predicted octanol–water partition coefficient (Wildman–Crippen LogP) is 3.50. The summed E-state index contributed by atoms with van der Waals surface area (Å²) in [4.78, 5) is 27.1. The van der Waals surface area contributed by atoms with Gasteiger partial charge >= 0.3 is 12.1 Å². The fraction of sp³-hybridized carbons (Fsp3) is 0.529. The third-order valence-corrected chi connectivity index (χ3v) is 4.40. The molecule has 1 aromatic carbocycles. The number of amides is 1. The molecule has 0 spiro atoms. The summed E-state index contributed by atoms with van der Waals surface area (Å²) in [5.74, 6) is -0.988. The highest BCUT2D eigenvalue weighted by atomic mass is 35.5. The minimum absolute atomic E-state index is 0.0649. The molecule has 1 saturated heterocycles. The fourth-order valence-electron chi connectivity index (χ4n) is 2.61. The van der Waals surface area contributed by atoms with Crippen LogP contribution in [0, 0.1) is 0 Å². The molecular weight excluding hydrogens is 367 g/mol. The number of benzene rings is 1. The second-order valence-electron chi connectivity index (χ2n) is 6.99. The lowest BCUT2D eigenvalue weighted by Gasteiger charge is -2.39. The van der Waals surface area contributed by atoms with Gasteiger partial charge in [-0.3, -0.25) is 9.69 Å². The first kappa shape index (κ1) is 19.8. The molecule has 0 saturated carbocycles. The normalized spacial score (nSPS) is 18.9. The summed E-state index contributed by atoms with van der Waals surface area (Å²) in [5, 5.41) is 10.6. The summed E-state index contributed by atoms with van der Waals surface area (Å²) in [7, 11) is 0. The summed E-state index contributed by atoms with van der Waals surface area (Å²) in [6.45, 7) is 6.57. The van der Waals surface area contributed by atoms with Crippen LogP contribution in [0.2, 0.25) is 10.0 Å². The molecule has 1 N–H and O–H groups in total. The molecule has 6 nitrogen and oxygen atoms in total. The highest BCUT2D eigenvalue weighted by Gasteiger charge is 2.36. The van der Waals surface area contributed by atoms with Gasteiger partial charge in [0, 0.05) is 29.7 Å². The molecule has 0 bridgehead atoms. The van der Waals surface area contributed by atoms with Crippen molar-refractivity contribution < 1.29 is 19.4 Å². The van der Waals surface area contributed by atoms with Crippen LogP contribution in [0.4, 0.5) is 4.79 Å². The fourth-order valence-corrected chi connectivity index (χ4v) is 3.07. The summed E-state index contributed by atoms with van der Waals surface area (Å²) in [5.41, 5.74) is 0.173. The zero-order valence-electron chi connectivity index (χ0n) is 14.5.